The number of ether oxygens (including phenoxy) is 3. The molecule has 0 radical (unpaired) electrons. The number of rotatable bonds is 48. The van der Waals surface area contributed by atoms with Gasteiger partial charge < -0.3 is 24.2 Å². The fourth-order valence-corrected chi connectivity index (χ4v) is 7.92. The third-order valence-electron chi connectivity index (χ3n) is 11.1. The van der Waals surface area contributed by atoms with Gasteiger partial charge in [0.15, 0.2) is 6.10 Å². The minimum atomic E-state index is -4.73. The summed E-state index contributed by atoms with van der Waals surface area (Å²) in [4.78, 5) is 48.2. The normalized spacial score (nSPS) is 13.8. The minimum absolute atomic E-state index is 0.152. The Morgan fingerprint density at radius 2 is 0.812 bits per heavy atom. The number of unbranched alkanes of at least 4 members (excludes halogenated alkanes) is 25. The molecule has 0 bridgehead atoms. The van der Waals surface area contributed by atoms with Crippen LogP contribution in [-0.4, -0.2) is 66.5 Å². The van der Waals surface area contributed by atoms with Crippen LogP contribution < -0.4 is 0 Å². The molecule has 0 spiro atoms. The van der Waals surface area contributed by atoms with Gasteiger partial charge in [0.2, 0.25) is 0 Å². The van der Waals surface area contributed by atoms with Crippen molar-refractivity contribution in [1.82, 2.24) is 0 Å². The maximum Gasteiger partial charge on any atom is 0.472 e. The van der Waals surface area contributed by atoms with E-state index in [1.54, 1.807) is 0 Å². The van der Waals surface area contributed by atoms with Crippen LogP contribution in [-0.2, 0) is 42.2 Å². The number of aliphatic hydroxyl groups is 1. The number of aliphatic hydroxyl groups excluding tert-OH is 1. The van der Waals surface area contributed by atoms with Crippen LogP contribution >= 0.6 is 7.82 Å². The van der Waals surface area contributed by atoms with Gasteiger partial charge in [0.1, 0.15) is 12.7 Å². The summed E-state index contributed by atoms with van der Waals surface area (Å²) in [6.45, 7) is 4.49. The molecule has 0 aliphatic rings. The minimum Gasteiger partial charge on any atom is -0.462 e. The van der Waals surface area contributed by atoms with E-state index in [1.165, 1.54) is 89.9 Å². The van der Waals surface area contributed by atoms with E-state index in [0.717, 1.165) is 89.9 Å². The van der Waals surface area contributed by atoms with Crippen molar-refractivity contribution < 1.29 is 52.2 Å². The number of esters is 3. The molecule has 64 heavy (non-hydrogen) atoms. The fourth-order valence-electron chi connectivity index (χ4n) is 7.14. The molecule has 0 amide bonds. The first-order valence-electron chi connectivity index (χ1n) is 25.9. The third kappa shape index (κ3) is 44.9. The van der Waals surface area contributed by atoms with E-state index in [2.05, 4.69) is 57.2 Å². The topological polar surface area (TPSA) is 155 Å². The molecular formula is C52H95O11P. The summed E-state index contributed by atoms with van der Waals surface area (Å²) in [5.74, 6) is -1.47. The smallest absolute Gasteiger partial charge is 0.462 e. The molecule has 0 heterocycles. The zero-order valence-electron chi connectivity index (χ0n) is 41.0. The van der Waals surface area contributed by atoms with Crippen LogP contribution in [0.1, 0.15) is 239 Å². The van der Waals surface area contributed by atoms with E-state index in [9.17, 15) is 28.9 Å². The molecular weight excluding hydrogens is 832 g/mol. The van der Waals surface area contributed by atoms with E-state index in [0.29, 0.717) is 19.3 Å². The molecule has 0 rings (SSSR count). The van der Waals surface area contributed by atoms with Crippen LogP contribution in [0.3, 0.4) is 0 Å². The standard InChI is InChI=1S/C52H95O11P/c1-4-7-10-13-16-19-21-23-24-26-28-31-34-37-40-43-52(56)63-49(45-59-50(54)41-38-35-32-30-27-25-22-20-17-14-11-8-5-2)47-61-64(57,58)60-46-48(44-53)62-51(55)42-39-36-33-29-18-15-12-9-6-3/h7,10,16,19,23-24,48-49,53H,4-6,8-9,11-15,17-18,20-22,25-47H2,1-3H3,(H,57,58)/b10-7-,19-16-,24-23-. The summed E-state index contributed by atoms with van der Waals surface area (Å²) in [7, 11) is -4.73. The highest BCUT2D eigenvalue weighted by Gasteiger charge is 2.28. The van der Waals surface area contributed by atoms with Gasteiger partial charge in [-0.2, -0.15) is 0 Å². The number of carbonyl (C=O) groups excluding carboxylic acids is 3. The molecule has 0 saturated heterocycles. The molecule has 0 saturated carbocycles. The Hall–Kier alpha value is -2.30. The number of allylic oxidation sites excluding steroid dienone is 6. The lowest BCUT2D eigenvalue weighted by Crippen LogP contribution is -2.30. The second-order valence-corrected chi connectivity index (χ2v) is 18.8. The first kappa shape index (κ1) is 61.7. The second kappa shape index (κ2) is 47.2. The van der Waals surface area contributed by atoms with Crippen molar-refractivity contribution in [3.63, 3.8) is 0 Å². The number of hydrogen-bond acceptors (Lipinski definition) is 10. The van der Waals surface area contributed by atoms with Crippen LogP contribution in [0.2, 0.25) is 0 Å². The van der Waals surface area contributed by atoms with E-state index in [-0.39, 0.29) is 25.9 Å². The Kier molecular flexibility index (Phi) is 45.5. The lowest BCUT2D eigenvalue weighted by molar-refractivity contribution is -0.161. The molecule has 3 atom stereocenters. The van der Waals surface area contributed by atoms with Gasteiger partial charge in [0.25, 0.3) is 0 Å². The van der Waals surface area contributed by atoms with Gasteiger partial charge >= 0.3 is 25.7 Å². The molecule has 2 N–H and O–H groups in total. The first-order valence-corrected chi connectivity index (χ1v) is 27.4. The summed E-state index contributed by atoms with van der Waals surface area (Å²) < 4.78 is 39.3. The van der Waals surface area contributed by atoms with Gasteiger partial charge in [-0.1, -0.05) is 205 Å². The summed E-state index contributed by atoms with van der Waals surface area (Å²) in [5.41, 5.74) is 0. The largest absolute Gasteiger partial charge is 0.472 e. The van der Waals surface area contributed by atoms with Crippen molar-refractivity contribution >= 4 is 25.7 Å². The van der Waals surface area contributed by atoms with Crippen LogP contribution in [0.5, 0.6) is 0 Å². The maximum atomic E-state index is 12.8. The van der Waals surface area contributed by atoms with Crippen LogP contribution in [0, 0.1) is 0 Å². The van der Waals surface area contributed by atoms with Gasteiger partial charge in [-0.25, -0.2) is 4.57 Å². The predicted molar refractivity (Wildman–Crippen MR) is 261 cm³/mol. The summed E-state index contributed by atoms with van der Waals surface area (Å²) in [6.07, 6.45) is 45.5. The number of carbonyl (C=O) groups is 3. The first-order chi connectivity index (χ1) is 31.2. The predicted octanol–water partition coefficient (Wildman–Crippen LogP) is 14.5. The Morgan fingerprint density at radius 1 is 0.453 bits per heavy atom. The highest BCUT2D eigenvalue weighted by atomic mass is 31.2. The Bertz CT molecular complexity index is 1220. The van der Waals surface area contributed by atoms with Crippen LogP contribution in [0.15, 0.2) is 36.5 Å². The quantitative estimate of drug-likeness (QED) is 0.0197. The van der Waals surface area contributed by atoms with Crippen molar-refractivity contribution in [1.29, 1.82) is 0 Å². The molecule has 12 heteroatoms. The number of phosphoric ester groups is 1. The summed E-state index contributed by atoms with van der Waals surface area (Å²) in [5, 5.41) is 9.74. The molecule has 0 aromatic carbocycles. The van der Waals surface area contributed by atoms with Gasteiger partial charge in [-0.15, -0.1) is 0 Å². The second-order valence-electron chi connectivity index (χ2n) is 17.3. The van der Waals surface area contributed by atoms with Crippen molar-refractivity contribution in [2.24, 2.45) is 0 Å². The highest BCUT2D eigenvalue weighted by molar-refractivity contribution is 7.47. The summed E-state index contributed by atoms with van der Waals surface area (Å²) in [6, 6.07) is 0. The molecule has 374 valence electrons. The van der Waals surface area contributed by atoms with Crippen molar-refractivity contribution in [2.45, 2.75) is 251 Å². The SMILES string of the molecule is CC/C=C\C/C=C\C/C=C\CCCCCCCC(=O)OC(COC(=O)CCCCCCCCCCCCCCC)COP(=O)(O)OCC(CO)OC(=O)CCCCCCCCCCC. The van der Waals surface area contributed by atoms with Crippen LogP contribution in [0.25, 0.3) is 0 Å². The van der Waals surface area contributed by atoms with Crippen molar-refractivity contribution in [3.8, 4) is 0 Å². The van der Waals surface area contributed by atoms with E-state index >= 15 is 0 Å². The van der Waals surface area contributed by atoms with Gasteiger partial charge in [-0.3, -0.25) is 23.4 Å². The molecule has 0 aliphatic heterocycles. The van der Waals surface area contributed by atoms with Gasteiger partial charge in [-0.05, 0) is 51.4 Å². The van der Waals surface area contributed by atoms with Crippen molar-refractivity contribution in [3.05, 3.63) is 36.5 Å². The maximum absolute atomic E-state index is 12.8. The third-order valence-corrected chi connectivity index (χ3v) is 12.0. The average molecular weight is 927 g/mol. The number of phosphoric acid groups is 1. The van der Waals surface area contributed by atoms with E-state index < -0.39 is 57.8 Å². The van der Waals surface area contributed by atoms with Gasteiger partial charge in [0.05, 0.1) is 19.8 Å². The Morgan fingerprint density at radius 3 is 1.25 bits per heavy atom. The molecule has 0 aromatic rings. The number of hydrogen-bond donors (Lipinski definition) is 2. The molecule has 0 aliphatic carbocycles. The van der Waals surface area contributed by atoms with Crippen molar-refractivity contribution in [2.75, 3.05) is 26.4 Å². The molecule has 0 fully saturated rings. The van der Waals surface area contributed by atoms with E-state index in [4.69, 9.17) is 23.3 Å². The monoisotopic (exact) mass is 927 g/mol. The lowest BCUT2D eigenvalue weighted by atomic mass is 10.0. The van der Waals surface area contributed by atoms with Crippen LogP contribution in [0.4, 0.5) is 0 Å². The lowest BCUT2D eigenvalue weighted by Gasteiger charge is -2.21. The fraction of sp³-hybridized carbons (Fsp3) is 0.827. The summed E-state index contributed by atoms with van der Waals surface area (Å²) >= 11 is 0. The molecule has 3 unspecified atom stereocenters. The Labute approximate surface area is 390 Å². The molecule has 0 aromatic heterocycles. The zero-order chi connectivity index (χ0) is 47.0. The van der Waals surface area contributed by atoms with Gasteiger partial charge in [0, 0.05) is 19.3 Å². The average Bonchev–Trinajstić information content (AvgIpc) is 3.28. The zero-order valence-corrected chi connectivity index (χ0v) is 41.9. The highest BCUT2D eigenvalue weighted by Crippen LogP contribution is 2.43. The Balaban J connectivity index is 4.76. The molecule has 11 nitrogen and oxygen atoms in total. The van der Waals surface area contributed by atoms with E-state index in [1.807, 2.05) is 0 Å².